The summed E-state index contributed by atoms with van der Waals surface area (Å²) in [5.74, 6) is -7.02. The average molecular weight is 1640 g/mol. The quantitative estimate of drug-likeness (QED) is 0.0245. The first kappa shape index (κ1) is 84.6. The van der Waals surface area contributed by atoms with E-state index in [9.17, 15) is 53.1 Å². The second kappa shape index (κ2) is 41.0. The Labute approximate surface area is 652 Å². The van der Waals surface area contributed by atoms with Crippen LogP contribution in [-0.2, 0) is 119 Å². The number of rotatable bonds is 19. The number of amides is 11. The number of alkyl halides is 1. The molecular formula is C79H103FIN13O16. The Morgan fingerprint density at radius 1 is 0.773 bits per heavy atom. The predicted octanol–water partition coefficient (Wildman–Crippen LogP) is 2.73. The van der Waals surface area contributed by atoms with Gasteiger partial charge in [-0.05, 0) is 152 Å². The number of aldehydes is 1. The van der Waals surface area contributed by atoms with Crippen LogP contribution < -0.4 is 58.3 Å². The van der Waals surface area contributed by atoms with Crippen molar-refractivity contribution in [2.75, 3.05) is 50.9 Å². The molecule has 1 unspecified atom stereocenters. The molecule has 1 aromatic heterocycles. The van der Waals surface area contributed by atoms with Crippen molar-refractivity contribution in [1.29, 1.82) is 0 Å². The number of methoxy groups -OCH3 is 1. The number of aliphatic hydroxyl groups is 1. The zero-order valence-corrected chi connectivity index (χ0v) is 64.9. The maximum Gasteiger partial charge on any atom is 0.246 e. The summed E-state index contributed by atoms with van der Waals surface area (Å²) in [5.41, 5.74) is 9.88. The maximum atomic E-state index is 15.5. The van der Waals surface area contributed by atoms with Gasteiger partial charge in [0.1, 0.15) is 72.3 Å². The lowest BCUT2D eigenvalue weighted by Crippen LogP contribution is -2.61. The molecule has 10 atom stereocenters. The van der Waals surface area contributed by atoms with Gasteiger partial charge < -0.3 is 92.1 Å². The number of aromatic nitrogens is 1. The van der Waals surface area contributed by atoms with E-state index in [0.717, 1.165) is 28.4 Å². The van der Waals surface area contributed by atoms with Gasteiger partial charge in [0.15, 0.2) is 0 Å². The van der Waals surface area contributed by atoms with Crippen LogP contribution in [0.2, 0.25) is 0 Å². The van der Waals surface area contributed by atoms with Crippen LogP contribution in [0.5, 0.6) is 5.75 Å². The van der Waals surface area contributed by atoms with Crippen molar-refractivity contribution < 1.29 is 81.2 Å². The summed E-state index contributed by atoms with van der Waals surface area (Å²) in [7, 11) is 1.53. The number of carbonyl (C=O) groups is 12. The Morgan fingerprint density at radius 2 is 1.53 bits per heavy atom. The molecule has 110 heavy (non-hydrogen) atoms. The lowest BCUT2D eigenvalue weighted by Gasteiger charge is -2.36. The molecule has 11 amide bonds. The normalized spacial score (nSPS) is 22.8. The first-order valence-electron chi connectivity index (χ1n) is 37.8. The molecule has 31 heteroatoms. The zero-order valence-electron chi connectivity index (χ0n) is 62.8. The van der Waals surface area contributed by atoms with Gasteiger partial charge in [-0.2, -0.15) is 0 Å². The minimum atomic E-state index is -1.57. The molecule has 5 heterocycles. The zero-order chi connectivity index (χ0) is 79.0. The van der Waals surface area contributed by atoms with E-state index in [1.165, 1.54) is 42.9 Å². The Bertz CT molecular complexity index is 4110. The number of nitrogens with two attached hydrogens (primary N) is 1. The number of carbonyl (C=O) groups excluding carboxylic acids is 12. The molecule has 4 aliphatic rings. The van der Waals surface area contributed by atoms with Crippen LogP contribution in [-0.4, -0.2) is 202 Å². The van der Waals surface area contributed by atoms with Crippen molar-refractivity contribution in [3.05, 3.63) is 136 Å². The summed E-state index contributed by atoms with van der Waals surface area (Å²) < 4.78 is 36.0. The highest BCUT2D eigenvalue weighted by Crippen LogP contribution is 2.32. The molecule has 5 aromatic rings. The van der Waals surface area contributed by atoms with Gasteiger partial charge in [0.05, 0.1) is 25.9 Å². The lowest BCUT2D eigenvalue weighted by atomic mass is 9.95. The predicted molar refractivity (Wildman–Crippen MR) is 413 cm³/mol. The lowest BCUT2D eigenvalue weighted by molar-refractivity contribution is -0.146. The van der Waals surface area contributed by atoms with E-state index in [4.69, 9.17) is 19.9 Å². The Morgan fingerprint density at radius 3 is 2.29 bits per heavy atom. The van der Waals surface area contributed by atoms with E-state index >= 15 is 14.0 Å². The molecule has 2 fully saturated rings. The van der Waals surface area contributed by atoms with E-state index in [1.54, 1.807) is 67.7 Å². The van der Waals surface area contributed by atoms with Gasteiger partial charge in [-0.15, -0.1) is 0 Å². The van der Waals surface area contributed by atoms with Gasteiger partial charge in [-0.1, -0.05) is 83.6 Å². The highest BCUT2D eigenvalue weighted by molar-refractivity contribution is 14.1. The minimum absolute atomic E-state index is 0.00272. The number of aryl methyl sites for hydroxylation is 1. The van der Waals surface area contributed by atoms with Crippen LogP contribution in [0.25, 0.3) is 10.9 Å². The van der Waals surface area contributed by atoms with Crippen LogP contribution in [0.15, 0.2) is 91.1 Å². The second-order valence-electron chi connectivity index (χ2n) is 28.8. The Balaban J connectivity index is 0.959. The van der Waals surface area contributed by atoms with Crippen LogP contribution in [0.1, 0.15) is 137 Å². The van der Waals surface area contributed by atoms with Crippen molar-refractivity contribution in [1.82, 2.24) is 62.2 Å². The Kier molecular flexibility index (Phi) is 31.5. The van der Waals surface area contributed by atoms with E-state index in [0.29, 0.717) is 109 Å². The van der Waals surface area contributed by atoms with Crippen LogP contribution in [0.3, 0.4) is 0 Å². The number of nitrogens with zero attached hydrogens (tertiary/aromatic N) is 3. The van der Waals surface area contributed by atoms with Crippen LogP contribution in [0, 0.1) is 5.82 Å². The third-order valence-electron chi connectivity index (χ3n) is 20.6. The summed E-state index contributed by atoms with van der Waals surface area (Å²) in [6, 6.07) is 14.3. The van der Waals surface area contributed by atoms with E-state index in [1.807, 2.05) is 22.8 Å². The number of benzene rings is 4. The molecular weight excluding hydrogens is 1530 g/mol. The highest BCUT2D eigenvalue weighted by atomic mass is 127. The number of hydrogen-bond acceptors (Lipinski definition) is 17. The van der Waals surface area contributed by atoms with E-state index < -0.39 is 144 Å². The van der Waals surface area contributed by atoms with Gasteiger partial charge in [0.25, 0.3) is 0 Å². The molecule has 8 bridgehead atoms. The van der Waals surface area contributed by atoms with Gasteiger partial charge in [0, 0.05) is 108 Å². The third-order valence-corrected chi connectivity index (χ3v) is 21.4. The van der Waals surface area contributed by atoms with Crippen LogP contribution >= 0.6 is 22.6 Å². The van der Waals surface area contributed by atoms with Gasteiger partial charge in [-0.3, -0.25) is 52.7 Å². The minimum Gasteiger partial charge on any atom is -0.497 e. The van der Waals surface area contributed by atoms with Crippen molar-refractivity contribution in [2.24, 2.45) is 5.73 Å². The molecule has 4 aliphatic heterocycles. The number of unbranched alkanes of at least 4 members (excludes halogenated alkanes) is 2. The Hall–Kier alpha value is -9.44. The van der Waals surface area contributed by atoms with Crippen molar-refractivity contribution in [3.8, 4) is 5.75 Å². The van der Waals surface area contributed by atoms with Crippen molar-refractivity contribution in [3.63, 3.8) is 0 Å². The number of hydrogen-bond donors (Lipinski definition) is 11. The van der Waals surface area contributed by atoms with Gasteiger partial charge in [0.2, 0.25) is 65.0 Å². The van der Waals surface area contributed by atoms with E-state index in [2.05, 4.69) is 70.4 Å². The maximum absolute atomic E-state index is 15.5. The summed E-state index contributed by atoms with van der Waals surface area (Å²) >= 11 is 2.25. The summed E-state index contributed by atoms with van der Waals surface area (Å²) in [6.45, 7) is 4.89. The summed E-state index contributed by atoms with van der Waals surface area (Å²) in [6.07, 6.45) is 4.79. The van der Waals surface area contributed by atoms with E-state index in [-0.39, 0.29) is 84.3 Å². The number of aliphatic hydroxyl groups excluding tert-OH is 1. The fraction of sp³-hybridized carbons (Fsp3) is 0.519. The largest absolute Gasteiger partial charge is 0.497 e. The van der Waals surface area contributed by atoms with Crippen molar-refractivity contribution >= 4 is 105 Å². The first-order valence-corrected chi connectivity index (χ1v) is 39.3. The molecule has 4 aromatic carbocycles. The molecule has 2 saturated heterocycles. The van der Waals surface area contributed by atoms with Crippen molar-refractivity contribution in [2.45, 2.75) is 210 Å². The topological polar surface area (TPSA) is 398 Å². The number of nitrogens with one attached hydrogen (secondary N) is 9. The van der Waals surface area contributed by atoms with Gasteiger partial charge >= 0.3 is 0 Å². The molecule has 0 aliphatic carbocycles. The molecule has 9 rings (SSSR count). The molecule has 594 valence electrons. The molecule has 0 radical (unpaired) electrons. The third kappa shape index (κ3) is 23.6. The fourth-order valence-electron chi connectivity index (χ4n) is 14.2. The van der Waals surface area contributed by atoms with Crippen LogP contribution in [0.4, 0.5) is 4.39 Å². The number of ether oxygens (including phenoxy) is 3. The summed E-state index contributed by atoms with van der Waals surface area (Å²) in [4.78, 5) is 171. The first-order chi connectivity index (χ1) is 52.8. The number of halogens is 2. The number of fused-ring (bicyclic) bond motifs is 13. The standard InChI is InChI=1S/C79H103FIN13O16/c1-48-72(101)91-63(43-86-67(97)15-7-5-8-29-81)74(103)88-60-38-52-13-11-14-53(35-52)41-84-70(100)47-110-66-27-33-93(65(66)45-95)76(105)62(89-73(60)102)39-55-44-92(64-23-20-57(80)40-59(55)64)31-9-6-10-34-109-46-56-36-51(16-19-54(56)42-85-68(98)24-25-69(99)87-48)26-30-83-78(107)79(3)28-12-32-94(79)77(106)61(90-75(104)71(82)49(2)96)37-50-17-21-58(108-4)22-18-50/h11,13-14,16-23,35-36,40,44-45,48-49,60-63,65-66,71,96H,5-10,12,15,24-34,37-39,41-43,46-47,82H2,1-4H3,(H,83,107)(H,84,100)(H,85,98)(H,86,97)(H,87,99)(H,88,103)(H,89,102)(H,90,104)(H,91,101)/t48-,49+,60?,61-,62-,63+,65+,66-,71-,79-/m0/s1. The number of likely N-dealkylation sites (tertiary alicyclic amines) is 1. The SMILES string of the molecule is COc1ccc(C[C@H](NC(=O)[C@@H](N)[C@@H](C)O)C(=O)N2CCC[C@@]2(C)C(=O)NCCc2ccc3c(c2)COCCCCCn2cc(c4cc(F)ccc42)C[C@@H]2NC(=O)C(Cc4cccc(c4)CNC(=O)CO[C@H]4CCN(C2=O)[C@@H]4C=O)NC(=O)[C@@H](CNC(=O)CCCCCI)NC(=O)[C@H](C)NC(=O)CCC(=O)NC3)cc1. The molecule has 29 nitrogen and oxygen atoms in total. The highest BCUT2D eigenvalue weighted by Gasteiger charge is 2.48. The molecule has 12 N–H and O–H groups in total. The summed E-state index contributed by atoms with van der Waals surface area (Å²) in [5, 5.41) is 35.7. The molecule has 0 spiro atoms. The average Bonchev–Trinajstić information content (AvgIpc) is 1.64. The molecule has 0 saturated carbocycles. The smallest absolute Gasteiger partial charge is 0.246 e. The monoisotopic (exact) mass is 1640 g/mol. The van der Waals surface area contributed by atoms with Gasteiger partial charge in [-0.25, -0.2) is 4.39 Å². The second-order valence-corrected chi connectivity index (χ2v) is 29.9. The fourth-order valence-corrected chi connectivity index (χ4v) is 14.7.